The van der Waals surface area contributed by atoms with E-state index in [9.17, 15) is 9.59 Å². The molecular weight excluding hydrogens is 380 g/mol. The second-order valence-electron chi connectivity index (χ2n) is 7.39. The number of carbonyl (C=O) groups is 2. The van der Waals surface area contributed by atoms with Crippen molar-refractivity contribution in [2.45, 2.75) is 0 Å². The molecular formula is C24H26N2O4. The molecule has 0 unspecified atom stereocenters. The van der Waals surface area contributed by atoms with E-state index < -0.39 is 0 Å². The predicted octanol–water partition coefficient (Wildman–Crippen LogP) is 2.80. The van der Waals surface area contributed by atoms with Crippen molar-refractivity contribution in [3.63, 3.8) is 0 Å². The van der Waals surface area contributed by atoms with Crippen LogP contribution < -0.4 is 0 Å². The van der Waals surface area contributed by atoms with Gasteiger partial charge in [-0.1, -0.05) is 36.4 Å². The molecule has 2 aliphatic rings. The van der Waals surface area contributed by atoms with E-state index in [2.05, 4.69) is 0 Å². The van der Waals surface area contributed by atoms with E-state index in [1.807, 2.05) is 70.5 Å². The standard InChI is InChI=1S/C24H26N2O4/c27-23(25-11-15-29-16-12-25)21-7-3-19(4-8-21)1-2-20-5-9-22(10-6-20)24(28)26-13-17-30-18-14-26/h1-10H,11-18H2/b2-1+. The van der Waals surface area contributed by atoms with Crippen LogP contribution in [0.15, 0.2) is 48.5 Å². The molecule has 0 aliphatic carbocycles. The maximum atomic E-state index is 12.5. The van der Waals surface area contributed by atoms with Crippen molar-refractivity contribution in [1.82, 2.24) is 9.80 Å². The highest BCUT2D eigenvalue weighted by Crippen LogP contribution is 2.14. The lowest BCUT2D eigenvalue weighted by Gasteiger charge is -2.26. The zero-order valence-electron chi connectivity index (χ0n) is 17.0. The Morgan fingerprint density at radius 1 is 0.600 bits per heavy atom. The molecule has 2 aliphatic heterocycles. The van der Waals surface area contributed by atoms with Gasteiger partial charge in [0.1, 0.15) is 0 Å². The molecule has 0 atom stereocenters. The summed E-state index contributed by atoms with van der Waals surface area (Å²) in [5.74, 6) is 0.101. The molecule has 0 radical (unpaired) electrons. The fraction of sp³-hybridized carbons (Fsp3) is 0.333. The summed E-state index contributed by atoms with van der Waals surface area (Å²) in [6.45, 7) is 4.98. The van der Waals surface area contributed by atoms with Crippen molar-refractivity contribution in [3.8, 4) is 0 Å². The Balaban J connectivity index is 1.36. The molecule has 2 aromatic carbocycles. The van der Waals surface area contributed by atoms with Crippen LogP contribution in [0, 0.1) is 0 Å². The molecule has 0 N–H and O–H groups in total. The Labute approximate surface area is 176 Å². The third-order valence-corrected chi connectivity index (χ3v) is 5.38. The summed E-state index contributed by atoms with van der Waals surface area (Å²) < 4.78 is 10.6. The van der Waals surface area contributed by atoms with Gasteiger partial charge in [-0.2, -0.15) is 0 Å². The average Bonchev–Trinajstić information content (AvgIpc) is 2.83. The van der Waals surface area contributed by atoms with E-state index in [4.69, 9.17) is 9.47 Å². The lowest BCUT2D eigenvalue weighted by Crippen LogP contribution is -2.40. The van der Waals surface area contributed by atoms with E-state index >= 15 is 0 Å². The van der Waals surface area contributed by atoms with E-state index in [0.29, 0.717) is 63.7 Å². The first kappa shape index (κ1) is 20.3. The van der Waals surface area contributed by atoms with Crippen LogP contribution in [-0.2, 0) is 9.47 Å². The van der Waals surface area contributed by atoms with Crippen LogP contribution in [0.1, 0.15) is 31.8 Å². The summed E-state index contributed by atoms with van der Waals surface area (Å²) in [4.78, 5) is 28.7. The Morgan fingerprint density at radius 2 is 0.933 bits per heavy atom. The fourth-order valence-electron chi connectivity index (χ4n) is 3.56. The van der Waals surface area contributed by atoms with Crippen LogP contribution in [0.3, 0.4) is 0 Å². The van der Waals surface area contributed by atoms with E-state index in [1.165, 1.54) is 0 Å². The summed E-state index contributed by atoms with van der Waals surface area (Å²) in [7, 11) is 0. The lowest BCUT2D eigenvalue weighted by atomic mass is 10.1. The minimum atomic E-state index is 0.0503. The number of morpholine rings is 2. The maximum Gasteiger partial charge on any atom is 0.254 e. The maximum absolute atomic E-state index is 12.5. The van der Waals surface area contributed by atoms with Crippen molar-refractivity contribution in [2.75, 3.05) is 52.6 Å². The monoisotopic (exact) mass is 406 g/mol. The van der Waals surface area contributed by atoms with Crippen LogP contribution in [0.25, 0.3) is 12.2 Å². The second-order valence-corrected chi connectivity index (χ2v) is 7.39. The van der Waals surface area contributed by atoms with Crippen molar-refractivity contribution in [3.05, 3.63) is 70.8 Å². The molecule has 2 aromatic rings. The Kier molecular flexibility index (Phi) is 6.57. The molecule has 2 amide bonds. The van der Waals surface area contributed by atoms with Gasteiger partial charge in [-0.15, -0.1) is 0 Å². The zero-order chi connectivity index (χ0) is 20.8. The quantitative estimate of drug-likeness (QED) is 0.733. The number of hydrogen-bond donors (Lipinski definition) is 0. The second kappa shape index (κ2) is 9.69. The van der Waals surface area contributed by atoms with Gasteiger partial charge in [0.15, 0.2) is 0 Å². The first-order valence-corrected chi connectivity index (χ1v) is 10.3. The van der Waals surface area contributed by atoms with Crippen molar-refractivity contribution < 1.29 is 19.1 Å². The highest BCUT2D eigenvalue weighted by molar-refractivity contribution is 5.95. The van der Waals surface area contributed by atoms with Crippen molar-refractivity contribution in [1.29, 1.82) is 0 Å². The molecule has 0 bridgehead atoms. The SMILES string of the molecule is O=C(c1ccc(/C=C/c2ccc(C(=O)N3CCOCC3)cc2)cc1)N1CCOCC1. The molecule has 2 heterocycles. The van der Waals surface area contributed by atoms with Crippen molar-refractivity contribution in [2.24, 2.45) is 0 Å². The van der Waals surface area contributed by atoms with Gasteiger partial charge in [-0.05, 0) is 35.4 Å². The first-order chi connectivity index (χ1) is 14.7. The number of hydrogen-bond acceptors (Lipinski definition) is 4. The molecule has 6 nitrogen and oxygen atoms in total. The summed E-state index contributed by atoms with van der Waals surface area (Å²) >= 11 is 0. The summed E-state index contributed by atoms with van der Waals surface area (Å²) in [5.41, 5.74) is 3.42. The molecule has 0 aromatic heterocycles. The predicted molar refractivity (Wildman–Crippen MR) is 115 cm³/mol. The van der Waals surface area contributed by atoms with Crippen LogP contribution in [0.4, 0.5) is 0 Å². The molecule has 6 heteroatoms. The van der Waals surface area contributed by atoms with Gasteiger partial charge in [0.05, 0.1) is 26.4 Å². The highest BCUT2D eigenvalue weighted by Gasteiger charge is 2.19. The smallest absolute Gasteiger partial charge is 0.254 e. The van der Waals surface area contributed by atoms with Gasteiger partial charge < -0.3 is 19.3 Å². The van der Waals surface area contributed by atoms with E-state index in [-0.39, 0.29) is 11.8 Å². The minimum Gasteiger partial charge on any atom is -0.378 e. The van der Waals surface area contributed by atoms with Gasteiger partial charge in [0.2, 0.25) is 0 Å². The van der Waals surface area contributed by atoms with Crippen LogP contribution in [0.5, 0.6) is 0 Å². The Hall–Kier alpha value is -2.96. The van der Waals surface area contributed by atoms with E-state index in [0.717, 1.165) is 11.1 Å². The lowest BCUT2D eigenvalue weighted by molar-refractivity contribution is 0.0301. The Morgan fingerprint density at radius 3 is 1.27 bits per heavy atom. The van der Waals surface area contributed by atoms with Gasteiger partial charge in [-0.25, -0.2) is 0 Å². The molecule has 0 saturated carbocycles. The summed E-state index contributed by atoms with van der Waals surface area (Å²) in [6.07, 6.45) is 4.00. The Bertz CT molecular complexity index is 818. The number of rotatable bonds is 4. The summed E-state index contributed by atoms with van der Waals surface area (Å²) in [6, 6.07) is 15.2. The van der Waals surface area contributed by atoms with Crippen molar-refractivity contribution >= 4 is 24.0 Å². The van der Waals surface area contributed by atoms with Gasteiger partial charge in [-0.3, -0.25) is 9.59 Å². The van der Waals surface area contributed by atoms with Gasteiger partial charge in [0, 0.05) is 37.3 Å². The minimum absolute atomic E-state index is 0.0503. The summed E-state index contributed by atoms with van der Waals surface area (Å²) in [5, 5.41) is 0. The molecule has 4 rings (SSSR count). The molecule has 156 valence electrons. The largest absolute Gasteiger partial charge is 0.378 e. The topological polar surface area (TPSA) is 59.1 Å². The zero-order valence-corrected chi connectivity index (χ0v) is 17.0. The number of nitrogens with zero attached hydrogens (tertiary/aromatic N) is 2. The molecule has 2 saturated heterocycles. The molecule has 30 heavy (non-hydrogen) atoms. The van der Waals surface area contributed by atoms with Crippen LogP contribution >= 0.6 is 0 Å². The number of carbonyl (C=O) groups excluding carboxylic acids is 2. The third-order valence-electron chi connectivity index (χ3n) is 5.38. The normalized spacial score (nSPS) is 17.3. The number of ether oxygens (including phenoxy) is 2. The number of benzene rings is 2. The van der Waals surface area contributed by atoms with Gasteiger partial charge in [0.25, 0.3) is 11.8 Å². The van der Waals surface area contributed by atoms with Crippen LogP contribution in [0.2, 0.25) is 0 Å². The van der Waals surface area contributed by atoms with E-state index in [1.54, 1.807) is 0 Å². The van der Waals surface area contributed by atoms with Crippen LogP contribution in [-0.4, -0.2) is 74.2 Å². The first-order valence-electron chi connectivity index (χ1n) is 10.3. The third kappa shape index (κ3) is 4.96. The fourth-order valence-corrected chi connectivity index (χ4v) is 3.56. The number of amides is 2. The van der Waals surface area contributed by atoms with Gasteiger partial charge >= 0.3 is 0 Å². The average molecular weight is 406 g/mol. The molecule has 2 fully saturated rings. The molecule has 0 spiro atoms. The highest BCUT2D eigenvalue weighted by atomic mass is 16.5.